The summed E-state index contributed by atoms with van der Waals surface area (Å²) in [5, 5.41) is 21.5. The molecule has 1 heterocycles. The Bertz CT molecular complexity index is 401. The van der Waals surface area contributed by atoms with Crippen molar-refractivity contribution in [2.75, 3.05) is 6.61 Å². The summed E-state index contributed by atoms with van der Waals surface area (Å²) in [7, 11) is 0. The smallest absolute Gasteiger partial charge is 0.345 e. The van der Waals surface area contributed by atoms with Crippen molar-refractivity contribution in [2.45, 2.75) is 39.8 Å². The predicted molar refractivity (Wildman–Crippen MR) is 73.2 cm³/mol. The molecular weight excluding hydrogens is 250 g/mol. The quantitative estimate of drug-likeness (QED) is 0.711. The summed E-state index contributed by atoms with van der Waals surface area (Å²) in [4.78, 5) is 12.2. The summed E-state index contributed by atoms with van der Waals surface area (Å²) < 4.78 is 0. The predicted octanol–water partition coefficient (Wildman–Crippen LogP) is 2.25. The van der Waals surface area contributed by atoms with Crippen LogP contribution < -0.4 is 5.32 Å². The first-order valence-corrected chi connectivity index (χ1v) is 6.92. The molecule has 0 spiro atoms. The molecule has 0 aliphatic rings. The van der Waals surface area contributed by atoms with Crippen LogP contribution in [0.3, 0.4) is 0 Å². The third-order valence-corrected chi connectivity index (χ3v) is 3.87. The molecule has 0 saturated carbocycles. The normalized spacial score (nSPS) is 12.9. The average molecular weight is 271 g/mol. The van der Waals surface area contributed by atoms with Crippen molar-refractivity contribution in [2.24, 2.45) is 5.92 Å². The Balaban J connectivity index is 2.59. The molecule has 1 aromatic heterocycles. The van der Waals surface area contributed by atoms with Gasteiger partial charge in [-0.1, -0.05) is 13.8 Å². The van der Waals surface area contributed by atoms with Crippen molar-refractivity contribution < 1.29 is 15.0 Å². The van der Waals surface area contributed by atoms with E-state index in [1.165, 1.54) is 11.3 Å². The Morgan fingerprint density at radius 1 is 1.50 bits per heavy atom. The van der Waals surface area contributed by atoms with Crippen LogP contribution in [-0.4, -0.2) is 28.8 Å². The molecule has 0 aliphatic heterocycles. The van der Waals surface area contributed by atoms with Crippen molar-refractivity contribution in [3.8, 4) is 0 Å². The van der Waals surface area contributed by atoms with E-state index in [4.69, 9.17) is 5.11 Å². The van der Waals surface area contributed by atoms with Gasteiger partial charge in [-0.3, -0.25) is 0 Å². The van der Waals surface area contributed by atoms with Crippen molar-refractivity contribution in [1.29, 1.82) is 0 Å². The number of carbonyl (C=O) groups is 1. The van der Waals surface area contributed by atoms with Crippen molar-refractivity contribution in [3.63, 3.8) is 0 Å². The van der Waals surface area contributed by atoms with Crippen LogP contribution in [0.15, 0.2) is 6.07 Å². The zero-order chi connectivity index (χ0) is 13.7. The maximum atomic E-state index is 10.9. The summed E-state index contributed by atoms with van der Waals surface area (Å²) in [6, 6.07) is 1.77. The van der Waals surface area contributed by atoms with Gasteiger partial charge in [0.25, 0.3) is 0 Å². The van der Waals surface area contributed by atoms with Gasteiger partial charge in [0.2, 0.25) is 0 Å². The standard InChI is InChI=1S/C13H21NO3S/c1-8(2)4-11(7-15)14-6-10-5-12(13(16)17)18-9(10)3/h5,8,11,14-15H,4,6-7H2,1-3H3,(H,16,17). The highest BCUT2D eigenvalue weighted by molar-refractivity contribution is 7.14. The summed E-state index contributed by atoms with van der Waals surface area (Å²) in [5.74, 6) is -0.358. The first kappa shape index (κ1) is 15.1. The number of hydrogen-bond acceptors (Lipinski definition) is 4. The van der Waals surface area contributed by atoms with Crippen LogP contribution in [0.4, 0.5) is 0 Å². The van der Waals surface area contributed by atoms with Crippen LogP contribution in [0.2, 0.25) is 0 Å². The second-order valence-corrected chi connectivity index (χ2v) is 6.14. The Morgan fingerprint density at radius 2 is 2.17 bits per heavy atom. The van der Waals surface area contributed by atoms with Crippen LogP contribution in [0.1, 0.15) is 40.4 Å². The summed E-state index contributed by atoms with van der Waals surface area (Å²) in [6.07, 6.45) is 0.908. The molecule has 0 amide bonds. The molecule has 1 aromatic rings. The van der Waals surface area contributed by atoms with Gasteiger partial charge in [-0.15, -0.1) is 11.3 Å². The lowest BCUT2D eigenvalue weighted by molar-refractivity contribution is 0.0702. The molecule has 102 valence electrons. The summed E-state index contributed by atoms with van der Waals surface area (Å²) in [6.45, 7) is 6.86. The van der Waals surface area contributed by atoms with Crippen molar-refractivity contribution in [3.05, 3.63) is 21.4 Å². The Labute approximate surface area is 112 Å². The van der Waals surface area contributed by atoms with E-state index < -0.39 is 5.97 Å². The Hall–Kier alpha value is -0.910. The van der Waals surface area contributed by atoms with Gasteiger partial charge in [-0.25, -0.2) is 4.79 Å². The van der Waals surface area contributed by atoms with Gasteiger partial charge >= 0.3 is 5.97 Å². The van der Waals surface area contributed by atoms with Crippen molar-refractivity contribution >= 4 is 17.3 Å². The lowest BCUT2D eigenvalue weighted by atomic mass is 10.0. The van der Waals surface area contributed by atoms with Crippen molar-refractivity contribution in [1.82, 2.24) is 5.32 Å². The van der Waals surface area contributed by atoms with Gasteiger partial charge in [0.1, 0.15) is 4.88 Å². The van der Waals surface area contributed by atoms with Gasteiger partial charge in [-0.2, -0.15) is 0 Å². The van der Waals surface area contributed by atoms with Crippen LogP contribution in [0.25, 0.3) is 0 Å². The van der Waals surface area contributed by atoms with E-state index in [-0.39, 0.29) is 12.6 Å². The number of aliphatic hydroxyl groups excluding tert-OH is 1. The number of aryl methyl sites for hydroxylation is 1. The molecule has 4 nitrogen and oxygen atoms in total. The molecule has 0 bridgehead atoms. The second kappa shape index (κ2) is 6.87. The molecule has 3 N–H and O–H groups in total. The Morgan fingerprint density at radius 3 is 2.61 bits per heavy atom. The summed E-state index contributed by atoms with van der Waals surface area (Å²) in [5.41, 5.74) is 1.000. The molecule has 1 rings (SSSR count). The number of hydrogen-bond donors (Lipinski definition) is 3. The van der Waals surface area contributed by atoms with Gasteiger partial charge in [0, 0.05) is 17.5 Å². The minimum atomic E-state index is -0.879. The van der Waals surface area contributed by atoms with Gasteiger partial charge in [0.15, 0.2) is 0 Å². The third-order valence-electron chi connectivity index (χ3n) is 2.79. The lowest BCUT2D eigenvalue weighted by Gasteiger charge is -2.18. The third kappa shape index (κ3) is 4.40. The highest BCUT2D eigenvalue weighted by atomic mass is 32.1. The molecular formula is C13H21NO3S. The van der Waals surface area contributed by atoms with Crippen LogP contribution in [-0.2, 0) is 6.54 Å². The maximum absolute atomic E-state index is 10.9. The minimum absolute atomic E-state index is 0.0672. The molecule has 5 heteroatoms. The summed E-state index contributed by atoms with van der Waals surface area (Å²) >= 11 is 1.29. The number of thiophene rings is 1. The molecule has 1 unspecified atom stereocenters. The van der Waals surface area contributed by atoms with E-state index in [1.54, 1.807) is 6.07 Å². The molecule has 0 saturated heterocycles. The largest absolute Gasteiger partial charge is 0.477 e. The monoisotopic (exact) mass is 271 g/mol. The number of aliphatic hydroxyl groups is 1. The van der Waals surface area contributed by atoms with E-state index in [1.807, 2.05) is 6.92 Å². The van der Waals surface area contributed by atoms with Gasteiger partial charge in [-0.05, 0) is 30.9 Å². The molecule has 0 aliphatic carbocycles. The topological polar surface area (TPSA) is 69.6 Å². The molecule has 0 fully saturated rings. The fourth-order valence-electron chi connectivity index (χ4n) is 1.85. The van der Waals surface area contributed by atoms with Crippen LogP contribution in [0.5, 0.6) is 0 Å². The molecule has 0 aromatic carbocycles. The van der Waals surface area contributed by atoms with Crippen LogP contribution in [0, 0.1) is 12.8 Å². The zero-order valence-corrected chi connectivity index (χ0v) is 11.9. The lowest BCUT2D eigenvalue weighted by Crippen LogP contribution is -2.33. The van der Waals surface area contributed by atoms with E-state index >= 15 is 0 Å². The SMILES string of the molecule is Cc1sc(C(=O)O)cc1CNC(CO)CC(C)C. The first-order valence-electron chi connectivity index (χ1n) is 6.10. The fourth-order valence-corrected chi connectivity index (χ4v) is 2.73. The molecule has 1 atom stereocenters. The minimum Gasteiger partial charge on any atom is -0.477 e. The van der Waals surface area contributed by atoms with Gasteiger partial charge in [0.05, 0.1) is 6.61 Å². The highest BCUT2D eigenvalue weighted by Gasteiger charge is 2.13. The molecule has 18 heavy (non-hydrogen) atoms. The number of carboxylic acid groups (broad SMARTS) is 1. The zero-order valence-electron chi connectivity index (χ0n) is 11.1. The van der Waals surface area contributed by atoms with E-state index in [0.717, 1.165) is 16.9 Å². The number of carboxylic acids is 1. The van der Waals surface area contributed by atoms with E-state index in [0.29, 0.717) is 17.3 Å². The van der Waals surface area contributed by atoms with Crippen LogP contribution >= 0.6 is 11.3 Å². The van der Waals surface area contributed by atoms with Gasteiger partial charge < -0.3 is 15.5 Å². The average Bonchev–Trinajstić information content (AvgIpc) is 2.66. The number of aromatic carboxylic acids is 1. The first-order chi connectivity index (χ1) is 8.43. The molecule has 0 radical (unpaired) electrons. The maximum Gasteiger partial charge on any atom is 0.345 e. The fraction of sp³-hybridized carbons (Fsp3) is 0.615. The number of rotatable bonds is 7. The Kier molecular flexibility index (Phi) is 5.78. The van der Waals surface area contributed by atoms with E-state index in [9.17, 15) is 9.90 Å². The second-order valence-electron chi connectivity index (χ2n) is 4.89. The number of nitrogens with one attached hydrogen (secondary N) is 1. The highest BCUT2D eigenvalue weighted by Crippen LogP contribution is 2.21. The van der Waals surface area contributed by atoms with E-state index in [2.05, 4.69) is 19.2 Å².